The van der Waals surface area contributed by atoms with Crippen molar-refractivity contribution >= 4 is 46.5 Å². The Bertz CT molecular complexity index is 719. The minimum atomic E-state index is -0.232. The van der Waals surface area contributed by atoms with Crippen LogP contribution in [-0.2, 0) is 4.79 Å². The third-order valence-electron chi connectivity index (χ3n) is 3.54. The fourth-order valence-corrected chi connectivity index (χ4v) is 4.34. The van der Waals surface area contributed by atoms with Crippen LogP contribution in [0.15, 0.2) is 39.9 Å². The number of thiophene rings is 1. The number of nitrogens with one attached hydrogen (secondary N) is 2. The summed E-state index contributed by atoms with van der Waals surface area (Å²) in [4.78, 5) is 25.1. The molecule has 120 valence electrons. The number of benzene rings is 1. The highest BCUT2D eigenvalue weighted by molar-refractivity contribution is 7.99. The summed E-state index contributed by atoms with van der Waals surface area (Å²) >= 11 is 9.27. The van der Waals surface area contributed by atoms with Gasteiger partial charge in [0.15, 0.2) is 0 Å². The zero-order chi connectivity index (χ0) is 16.2. The summed E-state index contributed by atoms with van der Waals surface area (Å²) in [6.07, 6.45) is 0.849. The maximum absolute atomic E-state index is 12.1. The van der Waals surface area contributed by atoms with Crippen LogP contribution < -0.4 is 10.6 Å². The van der Waals surface area contributed by atoms with Gasteiger partial charge < -0.3 is 10.6 Å². The van der Waals surface area contributed by atoms with E-state index in [9.17, 15) is 9.59 Å². The summed E-state index contributed by atoms with van der Waals surface area (Å²) in [6, 6.07) is 7.42. The molecule has 4 nitrogen and oxygen atoms in total. The highest BCUT2D eigenvalue weighted by Crippen LogP contribution is 2.37. The molecule has 2 heterocycles. The van der Waals surface area contributed by atoms with Gasteiger partial charge in [-0.05, 0) is 41.6 Å². The van der Waals surface area contributed by atoms with E-state index in [-0.39, 0.29) is 24.4 Å². The standard InChI is InChI=1S/C16H15ClN2O2S2/c17-11-1-2-14-12(7-11)13(4-6-23-14)19-15(20)8-18-16(21)10-3-5-22-9-10/h1-3,5,7,9,13H,4,6,8H2,(H,18,21)(H,19,20)/t13-/m1/s1. The van der Waals surface area contributed by atoms with Crippen molar-refractivity contribution in [2.75, 3.05) is 12.3 Å². The van der Waals surface area contributed by atoms with Gasteiger partial charge in [0.05, 0.1) is 12.6 Å². The molecule has 0 radical (unpaired) electrons. The van der Waals surface area contributed by atoms with Crippen LogP contribution in [0.4, 0.5) is 0 Å². The number of carbonyl (C=O) groups is 2. The summed E-state index contributed by atoms with van der Waals surface area (Å²) in [5, 5.41) is 9.86. The summed E-state index contributed by atoms with van der Waals surface area (Å²) in [7, 11) is 0. The lowest BCUT2D eigenvalue weighted by Gasteiger charge is -2.26. The molecule has 0 unspecified atom stereocenters. The predicted molar refractivity (Wildman–Crippen MR) is 94.3 cm³/mol. The summed E-state index contributed by atoms with van der Waals surface area (Å²) in [6.45, 7) is -0.0335. The molecule has 1 aromatic heterocycles. The Hall–Kier alpha value is -1.50. The molecule has 1 atom stereocenters. The van der Waals surface area contributed by atoms with E-state index in [1.807, 2.05) is 23.6 Å². The Balaban J connectivity index is 1.59. The van der Waals surface area contributed by atoms with Crippen LogP contribution >= 0.6 is 34.7 Å². The Morgan fingerprint density at radius 2 is 2.17 bits per heavy atom. The average Bonchev–Trinajstić information content (AvgIpc) is 3.08. The van der Waals surface area contributed by atoms with E-state index in [0.29, 0.717) is 10.6 Å². The number of carbonyl (C=O) groups excluding carboxylic acids is 2. The van der Waals surface area contributed by atoms with Crippen molar-refractivity contribution in [1.82, 2.24) is 10.6 Å². The summed E-state index contributed by atoms with van der Waals surface area (Å²) < 4.78 is 0. The van der Waals surface area contributed by atoms with Gasteiger partial charge in [-0.15, -0.1) is 11.8 Å². The minimum absolute atomic E-state index is 0.0335. The SMILES string of the molecule is O=C(CNC(=O)c1ccsc1)N[C@@H]1CCSc2ccc(Cl)cc21. The highest BCUT2D eigenvalue weighted by atomic mass is 35.5. The highest BCUT2D eigenvalue weighted by Gasteiger charge is 2.22. The van der Waals surface area contributed by atoms with E-state index >= 15 is 0 Å². The smallest absolute Gasteiger partial charge is 0.252 e. The zero-order valence-electron chi connectivity index (χ0n) is 12.2. The summed E-state index contributed by atoms with van der Waals surface area (Å²) in [5.74, 6) is 0.515. The van der Waals surface area contributed by atoms with Crippen molar-refractivity contribution < 1.29 is 9.59 Å². The molecule has 1 aliphatic heterocycles. The molecule has 1 aliphatic rings. The number of thioether (sulfide) groups is 1. The maximum Gasteiger partial charge on any atom is 0.252 e. The van der Waals surface area contributed by atoms with Gasteiger partial charge >= 0.3 is 0 Å². The van der Waals surface area contributed by atoms with E-state index in [1.165, 1.54) is 11.3 Å². The Kier molecular flexibility index (Phi) is 5.25. The molecule has 3 rings (SSSR count). The monoisotopic (exact) mass is 366 g/mol. The molecular formula is C16H15ClN2O2S2. The number of fused-ring (bicyclic) bond motifs is 1. The Morgan fingerprint density at radius 1 is 1.30 bits per heavy atom. The van der Waals surface area contributed by atoms with Gasteiger partial charge in [0, 0.05) is 26.6 Å². The lowest BCUT2D eigenvalue weighted by molar-refractivity contribution is -0.120. The quantitative estimate of drug-likeness (QED) is 0.870. The molecule has 0 saturated carbocycles. The van der Waals surface area contributed by atoms with Gasteiger partial charge in [0.1, 0.15) is 0 Å². The van der Waals surface area contributed by atoms with Crippen molar-refractivity contribution in [1.29, 1.82) is 0 Å². The van der Waals surface area contributed by atoms with Crippen LogP contribution in [0.1, 0.15) is 28.4 Å². The van der Waals surface area contributed by atoms with Crippen LogP contribution in [0.5, 0.6) is 0 Å². The molecular weight excluding hydrogens is 352 g/mol. The van der Waals surface area contributed by atoms with Crippen molar-refractivity contribution in [2.45, 2.75) is 17.4 Å². The molecule has 0 bridgehead atoms. The van der Waals surface area contributed by atoms with Crippen molar-refractivity contribution in [3.63, 3.8) is 0 Å². The van der Waals surface area contributed by atoms with E-state index in [1.54, 1.807) is 23.2 Å². The first-order chi connectivity index (χ1) is 11.1. The van der Waals surface area contributed by atoms with Crippen LogP contribution in [-0.4, -0.2) is 24.1 Å². The van der Waals surface area contributed by atoms with E-state index in [2.05, 4.69) is 10.6 Å². The fraction of sp³-hybridized carbons (Fsp3) is 0.250. The third kappa shape index (κ3) is 4.07. The number of halogens is 1. The summed E-state index contributed by atoms with van der Waals surface area (Å²) in [5.41, 5.74) is 1.63. The lowest BCUT2D eigenvalue weighted by Crippen LogP contribution is -2.39. The molecule has 2 aromatic rings. The average molecular weight is 367 g/mol. The second kappa shape index (κ2) is 7.38. The van der Waals surface area contributed by atoms with Crippen LogP contribution in [0, 0.1) is 0 Å². The Labute approximate surface area is 147 Å². The third-order valence-corrected chi connectivity index (χ3v) is 5.58. The number of hydrogen-bond donors (Lipinski definition) is 2. The second-order valence-electron chi connectivity index (χ2n) is 5.13. The lowest BCUT2D eigenvalue weighted by atomic mass is 10.0. The molecule has 7 heteroatoms. The van der Waals surface area contributed by atoms with Gasteiger partial charge in [-0.1, -0.05) is 11.6 Å². The first-order valence-corrected chi connectivity index (χ1v) is 9.46. The normalized spacial score (nSPS) is 16.5. The minimum Gasteiger partial charge on any atom is -0.348 e. The molecule has 23 heavy (non-hydrogen) atoms. The van der Waals surface area contributed by atoms with Crippen molar-refractivity contribution in [3.8, 4) is 0 Å². The number of hydrogen-bond acceptors (Lipinski definition) is 4. The largest absolute Gasteiger partial charge is 0.348 e. The Morgan fingerprint density at radius 3 is 2.96 bits per heavy atom. The number of rotatable bonds is 4. The van der Waals surface area contributed by atoms with Gasteiger partial charge in [-0.2, -0.15) is 11.3 Å². The first kappa shape index (κ1) is 16.4. The van der Waals surface area contributed by atoms with Crippen LogP contribution in [0.3, 0.4) is 0 Å². The second-order valence-corrected chi connectivity index (χ2v) is 7.49. The van der Waals surface area contributed by atoms with E-state index in [4.69, 9.17) is 11.6 Å². The molecule has 2 N–H and O–H groups in total. The predicted octanol–water partition coefficient (Wildman–Crippen LogP) is 3.48. The van der Waals surface area contributed by atoms with E-state index in [0.717, 1.165) is 22.6 Å². The van der Waals surface area contributed by atoms with Gasteiger partial charge in [0.2, 0.25) is 5.91 Å². The van der Waals surface area contributed by atoms with Gasteiger partial charge in [0.25, 0.3) is 5.91 Å². The topological polar surface area (TPSA) is 58.2 Å². The fourth-order valence-electron chi connectivity index (χ4n) is 2.42. The molecule has 0 spiro atoms. The van der Waals surface area contributed by atoms with Crippen molar-refractivity contribution in [2.24, 2.45) is 0 Å². The molecule has 2 amide bonds. The number of amides is 2. The first-order valence-electron chi connectivity index (χ1n) is 7.15. The van der Waals surface area contributed by atoms with Gasteiger partial charge in [-0.25, -0.2) is 0 Å². The molecule has 0 fully saturated rings. The molecule has 1 aromatic carbocycles. The van der Waals surface area contributed by atoms with Gasteiger partial charge in [-0.3, -0.25) is 9.59 Å². The van der Waals surface area contributed by atoms with Crippen LogP contribution in [0.2, 0.25) is 5.02 Å². The van der Waals surface area contributed by atoms with E-state index < -0.39 is 0 Å². The molecule has 0 saturated heterocycles. The zero-order valence-corrected chi connectivity index (χ0v) is 14.6. The maximum atomic E-state index is 12.1. The van der Waals surface area contributed by atoms with Crippen molar-refractivity contribution in [3.05, 3.63) is 51.2 Å². The van der Waals surface area contributed by atoms with Crippen LogP contribution in [0.25, 0.3) is 0 Å². The molecule has 0 aliphatic carbocycles.